The van der Waals surface area contributed by atoms with Crippen LogP contribution in [-0.2, 0) is 6.61 Å². The summed E-state index contributed by atoms with van der Waals surface area (Å²) in [6.07, 6.45) is 1.40. The largest absolute Gasteiger partial charge is 0.472 e. The minimum atomic E-state index is 0.422. The average Bonchev–Trinajstić information content (AvgIpc) is 2.33. The van der Waals surface area contributed by atoms with Crippen LogP contribution < -0.4 is 4.74 Å². The van der Waals surface area contributed by atoms with Gasteiger partial charge in [-0.25, -0.2) is 9.97 Å². The van der Waals surface area contributed by atoms with Crippen LogP contribution in [0.3, 0.4) is 0 Å². The maximum Gasteiger partial charge on any atom is 0.221 e. The molecule has 0 amide bonds. The first kappa shape index (κ1) is 12.3. The molecule has 0 spiro atoms. The quantitative estimate of drug-likeness (QED) is 0.809. The summed E-state index contributed by atoms with van der Waals surface area (Å²) in [4.78, 5) is 7.92. The molecule has 0 fully saturated rings. The van der Waals surface area contributed by atoms with Crippen molar-refractivity contribution in [3.05, 3.63) is 51.3 Å². The van der Waals surface area contributed by atoms with E-state index < -0.39 is 0 Å². The van der Waals surface area contributed by atoms with Gasteiger partial charge in [-0.15, -0.1) is 0 Å². The molecule has 0 unspecified atom stereocenters. The Labute approximate surface area is 113 Å². The van der Waals surface area contributed by atoms with E-state index in [2.05, 4.69) is 25.9 Å². The number of benzene rings is 1. The first-order valence-electron chi connectivity index (χ1n) is 5.01. The van der Waals surface area contributed by atoms with Gasteiger partial charge < -0.3 is 4.74 Å². The van der Waals surface area contributed by atoms with Crippen LogP contribution in [0.4, 0.5) is 0 Å². The number of rotatable bonds is 3. The first-order valence-corrected chi connectivity index (χ1v) is 6.18. The monoisotopic (exact) mass is 312 g/mol. The standard InChI is InChI=1S/C12H10BrClN2O/c1-8-11(14)15-7-16-12(8)17-6-9-2-4-10(13)5-3-9/h2-5,7H,6H2,1H3. The van der Waals surface area contributed by atoms with Crippen molar-refractivity contribution < 1.29 is 4.74 Å². The SMILES string of the molecule is Cc1c(Cl)ncnc1OCc1ccc(Br)cc1. The van der Waals surface area contributed by atoms with E-state index in [1.165, 1.54) is 6.33 Å². The molecule has 0 atom stereocenters. The molecular weight excluding hydrogens is 304 g/mol. The van der Waals surface area contributed by atoms with E-state index in [0.717, 1.165) is 15.6 Å². The summed E-state index contributed by atoms with van der Waals surface area (Å²) in [5, 5.41) is 0.422. The first-order chi connectivity index (χ1) is 8.16. The highest BCUT2D eigenvalue weighted by Gasteiger charge is 2.06. The van der Waals surface area contributed by atoms with Crippen LogP contribution in [0, 0.1) is 6.92 Å². The highest BCUT2D eigenvalue weighted by Crippen LogP contribution is 2.21. The van der Waals surface area contributed by atoms with Gasteiger partial charge in [0.05, 0.1) is 0 Å². The second-order valence-corrected chi connectivity index (χ2v) is 4.78. The van der Waals surface area contributed by atoms with E-state index >= 15 is 0 Å². The minimum Gasteiger partial charge on any atom is -0.472 e. The Hall–Kier alpha value is -1.13. The highest BCUT2D eigenvalue weighted by molar-refractivity contribution is 9.10. The fraction of sp³-hybridized carbons (Fsp3) is 0.167. The molecule has 1 aromatic heterocycles. The normalized spacial score (nSPS) is 10.3. The molecule has 0 saturated heterocycles. The Bertz CT molecular complexity index is 516. The number of aromatic nitrogens is 2. The summed E-state index contributed by atoms with van der Waals surface area (Å²) >= 11 is 9.26. The Balaban J connectivity index is 2.07. The maximum atomic E-state index is 5.88. The Morgan fingerprint density at radius 3 is 2.65 bits per heavy atom. The lowest BCUT2D eigenvalue weighted by molar-refractivity contribution is 0.291. The average molecular weight is 314 g/mol. The van der Waals surface area contributed by atoms with Crippen LogP contribution in [-0.4, -0.2) is 9.97 Å². The third kappa shape index (κ3) is 3.17. The molecule has 0 saturated carbocycles. The van der Waals surface area contributed by atoms with Gasteiger partial charge in [0.2, 0.25) is 5.88 Å². The van der Waals surface area contributed by atoms with Gasteiger partial charge in [0.25, 0.3) is 0 Å². The number of hydrogen-bond donors (Lipinski definition) is 0. The van der Waals surface area contributed by atoms with Crippen LogP contribution >= 0.6 is 27.5 Å². The molecule has 17 heavy (non-hydrogen) atoms. The minimum absolute atomic E-state index is 0.422. The smallest absolute Gasteiger partial charge is 0.221 e. The van der Waals surface area contributed by atoms with Crippen molar-refractivity contribution in [3.63, 3.8) is 0 Å². The van der Waals surface area contributed by atoms with Crippen molar-refractivity contribution >= 4 is 27.5 Å². The van der Waals surface area contributed by atoms with Crippen molar-refractivity contribution in [2.24, 2.45) is 0 Å². The molecular formula is C12H10BrClN2O. The third-order valence-electron chi connectivity index (χ3n) is 2.27. The van der Waals surface area contributed by atoms with Crippen LogP contribution in [0.2, 0.25) is 5.15 Å². The van der Waals surface area contributed by atoms with Crippen molar-refractivity contribution in [2.45, 2.75) is 13.5 Å². The van der Waals surface area contributed by atoms with Gasteiger partial charge in [-0.2, -0.15) is 0 Å². The molecule has 0 radical (unpaired) electrons. The van der Waals surface area contributed by atoms with Crippen LogP contribution in [0.15, 0.2) is 35.1 Å². The summed E-state index contributed by atoms with van der Waals surface area (Å²) in [7, 11) is 0. The number of halogens is 2. The Morgan fingerprint density at radius 2 is 1.94 bits per heavy atom. The fourth-order valence-electron chi connectivity index (χ4n) is 1.29. The van der Waals surface area contributed by atoms with Crippen molar-refractivity contribution in [2.75, 3.05) is 0 Å². The van der Waals surface area contributed by atoms with Gasteiger partial charge in [0.1, 0.15) is 18.1 Å². The highest BCUT2D eigenvalue weighted by atomic mass is 79.9. The van der Waals surface area contributed by atoms with E-state index in [-0.39, 0.29) is 0 Å². The molecule has 1 aromatic carbocycles. The molecule has 2 rings (SSSR count). The number of nitrogens with zero attached hydrogens (tertiary/aromatic N) is 2. The van der Waals surface area contributed by atoms with Gasteiger partial charge in [0, 0.05) is 10.0 Å². The number of hydrogen-bond acceptors (Lipinski definition) is 3. The van der Waals surface area contributed by atoms with Crippen LogP contribution in [0.1, 0.15) is 11.1 Å². The lowest BCUT2D eigenvalue weighted by atomic mass is 10.2. The third-order valence-corrected chi connectivity index (χ3v) is 3.17. The fourth-order valence-corrected chi connectivity index (χ4v) is 1.68. The van der Waals surface area contributed by atoms with Gasteiger partial charge in [-0.3, -0.25) is 0 Å². The molecule has 88 valence electrons. The topological polar surface area (TPSA) is 35.0 Å². The van der Waals surface area contributed by atoms with Gasteiger partial charge >= 0.3 is 0 Å². The van der Waals surface area contributed by atoms with Gasteiger partial charge in [0.15, 0.2) is 0 Å². The summed E-state index contributed by atoms with van der Waals surface area (Å²) in [6.45, 7) is 2.29. The second kappa shape index (κ2) is 5.47. The Kier molecular flexibility index (Phi) is 3.97. The number of ether oxygens (including phenoxy) is 1. The van der Waals surface area contributed by atoms with Crippen molar-refractivity contribution in [3.8, 4) is 5.88 Å². The van der Waals surface area contributed by atoms with Crippen molar-refractivity contribution in [1.29, 1.82) is 0 Å². The zero-order valence-electron chi connectivity index (χ0n) is 9.15. The zero-order valence-corrected chi connectivity index (χ0v) is 11.5. The molecule has 0 aliphatic carbocycles. The van der Waals surface area contributed by atoms with E-state index in [4.69, 9.17) is 16.3 Å². The molecule has 1 heterocycles. The summed E-state index contributed by atoms with van der Waals surface area (Å²) in [6, 6.07) is 7.92. The molecule has 0 bridgehead atoms. The Morgan fingerprint density at radius 1 is 1.24 bits per heavy atom. The molecule has 5 heteroatoms. The van der Waals surface area contributed by atoms with Gasteiger partial charge in [-0.1, -0.05) is 39.7 Å². The summed E-state index contributed by atoms with van der Waals surface area (Å²) in [5.74, 6) is 0.521. The predicted molar refractivity (Wildman–Crippen MR) is 70.3 cm³/mol. The van der Waals surface area contributed by atoms with Crippen LogP contribution in [0.25, 0.3) is 0 Å². The molecule has 0 N–H and O–H groups in total. The zero-order chi connectivity index (χ0) is 12.3. The maximum absolute atomic E-state index is 5.88. The molecule has 3 nitrogen and oxygen atoms in total. The summed E-state index contributed by atoms with van der Waals surface area (Å²) < 4.78 is 6.64. The van der Waals surface area contributed by atoms with E-state index in [0.29, 0.717) is 17.6 Å². The molecule has 0 aliphatic heterocycles. The van der Waals surface area contributed by atoms with Gasteiger partial charge in [-0.05, 0) is 24.6 Å². The predicted octanol–water partition coefficient (Wildman–Crippen LogP) is 3.78. The second-order valence-electron chi connectivity index (χ2n) is 3.51. The van der Waals surface area contributed by atoms with Crippen LogP contribution in [0.5, 0.6) is 5.88 Å². The lowest BCUT2D eigenvalue weighted by Crippen LogP contribution is -2.00. The molecule has 2 aromatic rings. The van der Waals surface area contributed by atoms with E-state index in [1.807, 2.05) is 31.2 Å². The summed E-state index contributed by atoms with van der Waals surface area (Å²) in [5.41, 5.74) is 1.83. The van der Waals surface area contributed by atoms with Crippen molar-refractivity contribution in [1.82, 2.24) is 9.97 Å². The molecule has 0 aliphatic rings. The lowest BCUT2D eigenvalue weighted by Gasteiger charge is -2.08. The van der Waals surface area contributed by atoms with E-state index in [9.17, 15) is 0 Å². The van der Waals surface area contributed by atoms with E-state index in [1.54, 1.807) is 0 Å².